The lowest BCUT2D eigenvalue weighted by atomic mass is 10.1. The van der Waals surface area contributed by atoms with Crippen LogP contribution in [0.2, 0.25) is 15.2 Å². The fourth-order valence-electron chi connectivity index (χ4n) is 1.43. The maximum absolute atomic E-state index is 10.8. The number of pyridine rings is 1. The van der Waals surface area contributed by atoms with E-state index in [4.69, 9.17) is 34.8 Å². The van der Waals surface area contributed by atoms with Gasteiger partial charge in [0.15, 0.2) is 0 Å². The Labute approximate surface area is 117 Å². The van der Waals surface area contributed by atoms with E-state index in [1.54, 1.807) is 18.2 Å². The zero-order valence-corrected chi connectivity index (χ0v) is 11.0. The standard InChI is InChI=1S/C11H5Cl3N2O2/c12-7-1-2-9(13)8(4-7)6-3-10(16(17)18)11(14)15-5-6/h1-5H. The summed E-state index contributed by atoms with van der Waals surface area (Å²) in [6.45, 7) is 0. The molecule has 0 bridgehead atoms. The van der Waals surface area contributed by atoms with E-state index in [-0.39, 0.29) is 10.8 Å². The summed E-state index contributed by atoms with van der Waals surface area (Å²) in [6, 6.07) is 6.16. The van der Waals surface area contributed by atoms with Gasteiger partial charge >= 0.3 is 5.69 Å². The molecule has 0 saturated heterocycles. The minimum Gasteiger partial charge on any atom is -0.258 e. The highest BCUT2D eigenvalue weighted by Crippen LogP contribution is 2.33. The quantitative estimate of drug-likeness (QED) is 0.462. The lowest BCUT2D eigenvalue weighted by molar-refractivity contribution is -0.385. The molecule has 0 aliphatic rings. The first-order valence-electron chi connectivity index (χ1n) is 4.74. The Hall–Kier alpha value is -1.36. The fourth-order valence-corrected chi connectivity index (χ4v) is 2.00. The van der Waals surface area contributed by atoms with Crippen LogP contribution in [0.25, 0.3) is 11.1 Å². The molecule has 0 aliphatic heterocycles. The number of nitrogens with zero attached hydrogens (tertiary/aromatic N) is 2. The number of benzene rings is 1. The van der Waals surface area contributed by atoms with E-state index in [1.165, 1.54) is 12.3 Å². The number of aromatic nitrogens is 1. The van der Waals surface area contributed by atoms with Gasteiger partial charge in [0, 0.05) is 33.4 Å². The zero-order chi connectivity index (χ0) is 13.3. The van der Waals surface area contributed by atoms with Crippen LogP contribution in [0.1, 0.15) is 0 Å². The van der Waals surface area contributed by atoms with Gasteiger partial charge in [-0.2, -0.15) is 0 Å². The lowest BCUT2D eigenvalue weighted by Gasteiger charge is -2.05. The summed E-state index contributed by atoms with van der Waals surface area (Å²) >= 11 is 17.5. The Morgan fingerprint density at radius 3 is 2.56 bits per heavy atom. The summed E-state index contributed by atoms with van der Waals surface area (Å²) < 4.78 is 0. The van der Waals surface area contributed by atoms with Crippen molar-refractivity contribution in [2.45, 2.75) is 0 Å². The summed E-state index contributed by atoms with van der Waals surface area (Å²) in [5, 5.41) is 11.5. The maximum Gasteiger partial charge on any atom is 0.307 e. The second-order valence-electron chi connectivity index (χ2n) is 3.42. The van der Waals surface area contributed by atoms with Crippen molar-refractivity contribution in [2.24, 2.45) is 0 Å². The van der Waals surface area contributed by atoms with E-state index in [2.05, 4.69) is 4.98 Å². The van der Waals surface area contributed by atoms with Gasteiger partial charge in [0.05, 0.1) is 4.92 Å². The molecule has 2 rings (SSSR count). The third kappa shape index (κ3) is 2.56. The summed E-state index contributed by atoms with van der Waals surface area (Å²) in [6.07, 6.45) is 1.41. The Bertz CT molecular complexity index is 632. The Morgan fingerprint density at radius 1 is 1.17 bits per heavy atom. The molecule has 1 aromatic carbocycles. The van der Waals surface area contributed by atoms with E-state index in [9.17, 15) is 10.1 Å². The smallest absolute Gasteiger partial charge is 0.258 e. The van der Waals surface area contributed by atoms with E-state index >= 15 is 0 Å². The third-order valence-corrected chi connectivity index (χ3v) is 3.11. The monoisotopic (exact) mass is 302 g/mol. The minimum atomic E-state index is -0.600. The van der Waals surface area contributed by atoms with Crippen molar-refractivity contribution >= 4 is 40.5 Å². The molecule has 18 heavy (non-hydrogen) atoms. The molecule has 4 nitrogen and oxygen atoms in total. The molecule has 0 unspecified atom stereocenters. The molecule has 7 heteroatoms. The van der Waals surface area contributed by atoms with Crippen molar-refractivity contribution < 1.29 is 4.92 Å². The fraction of sp³-hybridized carbons (Fsp3) is 0. The van der Waals surface area contributed by atoms with Crippen LogP contribution >= 0.6 is 34.8 Å². The molecule has 0 atom stereocenters. The van der Waals surface area contributed by atoms with E-state index < -0.39 is 4.92 Å². The predicted octanol–water partition coefficient (Wildman–Crippen LogP) is 4.62. The van der Waals surface area contributed by atoms with Crippen LogP contribution in [-0.2, 0) is 0 Å². The second kappa shape index (κ2) is 5.10. The Morgan fingerprint density at radius 2 is 1.89 bits per heavy atom. The topological polar surface area (TPSA) is 56.0 Å². The molecule has 0 N–H and O–H groups in total. The van der Waals surface area contributed by atoms with Gasteiger partial charge in [-0.25, -0.2) is 4.98 Å². The number of hydrogen-bond acceptors (Lipinski definition) is 3. The number of hydrogen-bond donors (Lipinski definition) is 0. The molecule has 1 aromatic heterocycles. The van der Waals surface area contributed by atoms with Gasteiger partial charge < -0.3 is 0 Å². The van der Waals surface area contributed by atoms with Crippen molar-refractivity contribution in [1.82, 2.24) is 4.98 Å². The largest absolute Gasteiger partial charge is 0.307 e. The summed E-state index contributed by atoms with van der Waals surface area (Å²) in [4.78, 5) is 13.9. The van der Waals surface area contributed by atoms with Gasteiger partial charge in [-0.3, -0.25) is 10.1 Å². The van der Waals surface area contributed by atoms with Crippen molar-refractivity contribution in [3.05, 3.63) is 55.8 Å². The predicted molar refractivity (Wildman–Crippen MR) is 71.4 cm³/mol. The molecular formula is C11H5Cl3N2O2. The van der Waals surface area contributed by atoms with E-state index in [0.717, 1.165) is 0 Å². The van der Waals surface area contributed by atoms with Crippen LogP contribution in [-0.4, -0.2) is 9.91 Å². The van der Waals surface area contributed by atoms with Crippen molar-refractivity contribution in [2.75, 3.05) is 0 Å². The first kappa shape index (κ1) is 13.1. The molecule has 0 aliphatic carbocycles. The lowest BCUT2D eigenvalue weighted by Crippen LogP contribution is -1.92. The van der Waals surface area contributed by atoms with Gasteiger partial charge in [-0.1, -0.05) is 34.8 Å². The summed E-state index contributed by atoms with van der Waals surface area (Å²) in [7, 11) is 0. The molecule has 2 aromatic rings. The molecule has 0 amide bonds. The van der Waals surface area contributed by atoms with Crippen LogP contribution < -0.4 is 0 Å². The van der Waals surface area contributed by atoms with E-state index in [1.807, 2.05) is 0 Å². The molecule has 1 heterocycles. The SMILES string of the molecule is O=[N+]([O-])c1cc(-c2cc(Cl)ccc2Cl)cnc1Cl. The van der Waals surface area contributed by atoms with Crippen LogP contribution in [0.5, 0.6) is 0 Å². The normalized spacial score (nSPS) is 10.4. The van der Waals surface area contributed by atoms with Crippen LogP contribution in [0.3, 0.4) is 0 Å². The van der Waals surface area contributed by atoms with Gasteiger partial charge in [0.25, 0.3) is 0 Å². The molecule has 92 valence electrons. The number of rotatable bonds is 2. The van der Waals surface area contributed by atoms with Gasteiger partial charge in [0.1, 0.15) is 0 Å². The van der Waals surface area contributed by atoms with Crippen molar-refractivity contribution in [1.29, 1.82) is 0 Å². The number of nitro groups is 1. The average Bonchev–Trinajstić information content (AvgIpc) is 2.33. The van der Waals surface area contributed by atoms with E-state index in [0.29, 0.717) is 21.2 Å². The molecular weight excluding hydrogens is 298 g/mol. The first-order valence-corrected chi connectivity index (χ1v) is 5.88. The number of halogens is 3. The van der Waals surface area contributed by atoms with Crippen molar-refractivity contribution in [3.8, 4) is 11.1 Å². The van der Waals surface area contributed by atoms with Gasteiger partial charge in [-0.05, 0) is 18.2 Å². The molecule has 0 spiro atoms. The molecule has 0 fully saturated rings. The zero-order valence-electron chi connectivity index (χ0n) is 8.73. The van der Waals surface area contributed by atoms with Crippen molar-refractivity contribution in [3.63, 3.8) is 0 Å². The molecule has 0 radical (unpaired) electrons. The first-order chi connectivity index (χ1) is 8.49. The highest BCUT2D eigenvalue weighted by molar-refractivity contribution is 6.35. The average molecular weight is 304 g/mol. The summed E-state index contributed by atoms with van der Waals surface area (Å²) in [5.41, 5.74) is 0.778. The Kier molecular flexibility index (Phi) is 3.71. The van der Waals surface area contributed by atoms with Gasteiger partial charge in [0.2, 0.25) is 5.15 Å². The maximum atomic E-state index is 10.8. The van der Waals surface area contributed by atoms with Crippen LogP contribution in [0, 0.1) is 10.1 Å². The highest BCUT2D eigenvalue weighted by atomic mass is 35.5. The van der Waals surface area contributed by atoms with Gasteiger partial charge in [-0.15, -0.1) is 0 Å². The van der Waals surface area contributed by atoms with Crippen LogP contribution in [0.15, 0.2) is 30.5 Å². The second-order valence-corrected chi connectivity index (χ2v) is 4.62. The Balaban J connectivity index is 2.61. The highest BCUT2D eigenvalue weighted by Gasteiger charge is 2.16. The minimum absolute atomic E-state index is 0.165. The third-order valence-electron chi connectivity index (χ3n) is 2.26. The molecule has 0 saturated carbocycles. The van der Waals surface area contributed by atoms with Crippen LogP contribution in [0.4, 0.5) is 5.69 Å². The summed E-state index contributed by atoms with van der Waals surface area (Å²) in [5.74, 6) is 0.